The first-order chi connectivity index (χ1) is 11.3. The van der Waals surface area contributed by atoms with Crippen molar-refractivity contribution in [3.05, 3.63) is 47.5 Å². The van der Waals surface area contributed by atoms with Gasteiger partial charge in [0, 0.05) is 0 Å². The van der Waals surface area contributed by atoms with Crippen molar-refractivity contribution >= 4 is 0 Å². The predicted octanol–water partition coefficient (Wildman–Crippen LogP) is 7.04. The second-order valence-corrected chi connectivity index (χ2v) is 8.03. The summed E-state index contributed by atoms with van der Waals surface area (Å²) in [5, 5.41) is 0. The third-order valence-corrected chi connectivity index (χ3v) is 6.45. The minimum atomic E-state index is 0.829. The van der Waals surface area contributed by atoms with Gasteiger partial charge in [-0.25, -0.2) is 0 Å². The molecular weight excluding hydrogens is 276 g/mol. The lowest BCUT2D eigenvalue weighted by Gasteiger charge is -2.37. The summed E-state index contributed by atoms with van der Waals surface area (Å²) in [7, 11) is 0. The van der Waals surface area contributed by atoms with Crippen molar-refractivity contribution in [1.82, 2.24) is 0 Å². The van der Waals surface area contributed by atoms with Gasteiger partial charge in [0.1, 0.15) is 0 Å². The normalized spacial score (nSPS) is 32.3. The largest absolute Gasteiger partial charge is 0.0885 e. The third-order valence-electron chi connectivity index (χ3n) is 6.45. The van der Waals surface area contributed by atoms with E-state index in [1.54, 1.807) is 5.56 Å². The fraction of sp³-hybridized carbons (Fsp3) is 0.652. The predicted molar refractivity (Wildman–Crippen MR) is 101 cm³/mol. The van der Waals surface area contributed by atoms with Crippen LogP contribution in [0.5, 0.6) is 0 Å². The quantitative estimate of drug-likeness (QED) is 0.523. The van der Waals surface area contributed by atoms with E-state index in [9.17, 15) is 0 Å². The Kier molecular flexibility index (Phi) is 5.97. The van der Waals surface area contributed by atoms with Crippen LogP contribution in [0.15, 0.2) is 36.4 Å². The minimum Gasteiger partial charge on any atom is -0.0885 e. The van der Waals surface area contributed by atoms with Gasteiger partial charge in [0.2, 0.25) is 0 Å². The number of aryl methyl sites for hydroxylation is 1. The average molecular weight is 311 g/mol. The highest BCUT2D eigenvalue weighted by molar-refractivity contribution is 5.24. The molecule has 2 fully saturated rings. The van der Waals surface area contributed by atoms with E-state index in [4.69, 9.17) is 0 Å². The number of hydrogen-bond acceptors (Lipinski definition) is 0. The molecule has 23 heavy (non-hydrogen) atoms. The van der Waals surface area contributed by atoms with Crippen LogP contribution in [0.4, 0.5) is 0 Å². The zero-order valence-electron chi connectivity index (χ0n) is 15.1. The Morgan fingerprint density at radius 1 is 0.826 bits per heavy atom. The van der Waals surface area contributed by atoms with Gasteiger partial charge < -0.3 is 0 Å². The molecule has 1 aromatic rings. The molecular formula is C23H34. The maximum Gasteiger partial charge on any atom is -0.0162 e. The van der Waals surface area contributed by atoms with Crippen molar-refractivity contribution in [2.75, 3.05) is 0 Å². The van der Waals surface area contributed by atoms with Gasteiger partial charge >= 0.3 is 0 Å². The lowest BCUT2D eigenvalue weighted by atomic mass is 9.68. The van der Waals surface area contributed by atoms with E-state index in [2.05, 4.69) is 50.3 Å². The molecule has 1 aromatic carbocycles. The van der Waals surface area contributed by atoms with Crippen LogP contribution in [0.3, 0.4) is 0 Å². The smallest absolute Gasteiger partial charge is 0.0162 e. The van der Waals surface area contributed by atoms with Gasteiger partial charge in [-0.3, -0.25) is 0 Å². The number of benzene rings is 1. The molecule has 0 atom stereocenters. The van der Waals surface area contributed by atoms with Crippen LogP contribution in [-0.4, -0.2) is 0 Å². The summed E-state index contributed by atoms with van der Waals surface area (Å²) in [6.07, 6.45) is 17.7. The Bertz CT molecular complexity index is 479. The Balaban J connectivity index is 1.46. The molecule has 0 spiro atoms. The van der Waals surface area contributed by atoms with Gasteiger partial charge in [0.15, 0.2) is 0 Å². The fourth-order valence-electron chi connectivity index (χ4n) is 4.90. The summed E-state index contributed by atoms with van der Waals surface area (Å²) in [6.45, 7) is 4.43. The van der Waals surface area contributed by atoms with Crippen LogP contribution in [0, 0.1) is 24.7 Å². The zero-order chi connectivity index (χ0) is 16.1. The van der Waals surface area contributed by atoms with Gasteiger partial charge in [-0.2, -0.15) is 0 Å². The molecule has 2 saturated carbocycles. The van der Waals surface area contributed by atoms with E-state index in [0.717, 1.165) is 23.7 Å². The van der Waals surface area contributed by atoms with Gasteiger partial charge in [0.25, 0.3) is 0 Å². The van der Waals surface area contributed by atoms with Crippen LogP contribution in [0.1, 0.15) is 81.8 Å². The second kappa shape index (κ2) is 8.18. The van der Waals surface area contributed by atoms with Crippen molar-refractivity contribution in [1.29, 1.82) is 0 Å². The molecule has 0 saturated heterocycles. The molecule has 0 nitrogen and oxygen atoms in total. The molecule has 3 rings (SSSR count). The monoisotopic (exact) mass is 310 g/mol. The molecule has 0 N–H and O–H groups in total. The van der Waals surface area contributed by atoms with Gasteiger partial charge in [-0.15, -0.1) is 0 Å². The van der Waals surface area contributed by atoms with Gasteiger partial charge in [-0.05, 0) is 93.9 Å². The molecule has 2 aliphatic rings. The maximum absolute atomic E-state index is 2.49. The van der Waals surface area contributed by atoms with Crippen LogP contribution in [0.2, 0.25) is 0 Å². The minimum absolute atomic E-state index is 0.829. The standard InChI is InChI=1S/C23H34/c1-3-4-5-19-8-12-21(13-9-19)23-16-14-22(15-17-23)20-10-6-18(2)7-11-20/h4-7,10-11,19,21-23H,3,8-9,12-17H2,1-2H3/b5-4+. The number of hydrogen-bond donors (Lipinski definition) is 0. The first-order valence-corrected chi connectivity index (χ1v) is 9.99. The highest BCUT2D eigenvalue weighted by Gasteiger charge is 2.30. The maximum atomic E-state index is 2.49. The fourth-order valence-corrected chi connectivity index (χ4v) is 4.90. The van der Waals surface area contributed by atoms with E-state index >= 15 is 0 Å². The van der Waals surface area contributed by atoms with Crippen LogP contribution >= 0.6 is 0 Å². The lowest BCUT2D eigenvalue weighted by Crippen LogP contribution is -2.25. The first kappa shape index (κ1) is 16.8. The van der Waals surface area contributed by atoms with Gasteiger partial charge in [-0.1, -0.05) is 48.9 Å². The molecule has 0 amide bonds. The van der Waals surface area contributed by atoms with Gasteiger partial charge in [0.05, 0.1) is 0 Å². The van der Waals surface area contributed by atoms with Crippen molar-refractivity contribution in [2.45, 2.75) is 77.6 Å². The lowest BCUT2D eigenvalue weighted by molar-refractivity contribution is 0.171. The van der Waals surface area contributed by atoms with E-state index in [1.807, 2.05) is 0 Å². The van der Waals surface area contributed by atoms with E-state index in [1.165, 1.54) is 63.4 Å². The summed E-state index contributed by atoms with van der Waals surface area (Å²) in [6, 6.07) is 9.30. The molecule has 126 valence electrons. The summed E-state index contributed by atoms with van der Waals surface area (Å²) >= 11 is 0. The van der Waals surface area contributed by atoms with Crippen molar-refractivity contribution in [3.63, 3.8) is 0 Å². The molecule has 0 heterocycles. The molecule has 0 unspecified atom stereocenters. The Hall–Kier alpha value is -1.04. The topological polar surface area (TPSA) is 0 Å². The number of allylic oxidation sites excluding steroid dienone is 2. The summed E-state index contributed by atoms with van der Waals surface area (Å²) < 4.78 is 0. The highest BCUT2D eigenvalue weighted by atomic mass is 14.4. The Morgan fingerprint density at radius 3 is 1.96 bits per heavy atom. The van der Waals surface area contributed by atoms with Crippen molar-refractivity contribution in [2.24, 2.45) is 17.8 Å². The average Bonchev–Trinajstić information content (AvgIpc) is 2.61. The first-order valence-electron chi connectivity index (χ1n) is 9.99. The summed E-state index contributed by atoms with van der Waals surface area (Å²) in [5.41, 5.74) is 2.97. The van der Waals surface area contributed by atoms with Crippen molar-refractivity contribution in [3.8, 4) is 0 Å². The van der Waals surface area contributed by atoms with E-state index in [0.29, 0.717) is 0 Å². The van der Waals surface area contributed by atoms with Crippen LogP contribution in [-0.2, 0) is 0 Å². The highest BCUT2D eigenvalue weighted by Crippen LogP contribution is 2.44. The molecule has 0 heteroatoms. The zero-order valence-corrected chi connectivity index (χ0v) is 15.1. The molecule has 0 aliphatic heterocycles. The molecule has 0 radical (unpaired) electrons. The van der Waals surface area contributed by atoms with Crippen LogP contribution < -0.4 is 0 Å². The number of rotatable bonds is 4. The van der Waals surface area contributed by atoms with Crippen molar-refractivity contribution < 1.29 is 0 Å². The Morgan fingerprint density at radius 2 is 1.39 bits per heavy atom. The SMILES string of the molecule is CC/C=C/C1CCC(C2CCC(c3ccc(C)cc3)CC2)CC1. The third kappa shape index (κ3) is 4.49. The van der Waals surface area contributed by atoms with Crippen LogP contribution in [0.25, 0.3) is 0 Å². The summed E-state index contributed by atoms with van der Waals surface area (Å²) in [5.74, 6) is 3.76. The Labute approximate surface area is 143 Å². The molecule has 2 aliphatic carbocycles. The van der Waals surface area contributed by atoms with E-state index in [-0.39, 0.29) is 0 Å². The molecule has 0 aromatic heterocycles. The second-order valence-electron chi connectivity index (χ2n) is 8.03. The van der Waals surface area contributed by atoms with E-state index < -0.39 is 0 Å². The summed E-state index contributed by atoms with van der Waals surface area (Å²) in [4.78, 5) is 0. The molecule has 0 bridgehead atoms.